The maximum absolute atomic E-state index is 11.7. The molecule has 1 rings (SSSR count). The van der Waals surface area contributed by atoms with E-state index in [-0.39, 0.29) is 17.3 Å². The van der Waals surface area contributed by atoms with Gasteiger partial charge >= 0.3 is 5.97 Å². The van der Waals surface area contributed by atoms with Gasteiger partial charge in [0.05, 0.1) is 12.5 Å². The molecule has 14 heavy (non-hydrogen) atoms. The van der Waals surface area contributed by atoms with Crippen molar-refractivity contribution in [3.63, 3.8) is 0 Å². The Kier molecular flexibility index (Phi) is 3.14. The number of rotatable bonds is 2. The van der Waals surface area contributed by atoms with Crippen molar-refractivity contribution in [2.24, 2.45) is 11.3 Å². The van der Waals surface area contributed by atoms with Gasteiger partial charge in [0.1, 0.15) is 0 Å². The molecule has 0 N–H and O–H groups in total. The maximum Gasteiger partial charge on any atom is 0.313 e. The van der Waals surface area contributed by atoms with E-state index in [2.05, 4.69) is 19.9 Å². The molecular formula is C12H18O2. The second-order valence-electron chi connectivity index (χ2n) is 4.28. The van der Waals surface area contributed by atoms with E-state index in [0.717, 1.165) is 5.57 Å². The highest BCUT2D eigenvalue weighted by Crippen LogP contribution is 2.37. The summed E-state index contributed by atoms with van der Waals surface area (Å²) in [6, 6.07) is 0. The highest BCUT2D eigenvalue weighted by Gasteiger charge is 2.36. The van der Waals surface area contributed by atoms with Crippen LogP contribution in [0.1, 0.15) is 27.7 Å². The lowest BCUT2D eigenvalue weighted by molar-refractivity contribution is -0.149. The molecule has 0 aromatic heterocycles. The lowest BCUT2D eigenvalue weighted by atomic mass is 9.72. The zero-order chi connectivity index (χ0) is 10.8. The van der Waals surface area contributed by atoms with Crippen molar-refractivity contribution in [3.05, 3.63) is 23.8 Å². The Morgan fingerprint density at radius 2 is 2.21 bits per heavy atom. The third kappa shape index (κ3) is 2.06. The summed E-state index contributed by atoms with van der Waals surface area (Å²) < 4.78 is 5.07. The molecule has 0 saturated heterocycles. The SMILES string of the molecule is CCOC(=O)C1C(C)=CC=CC1(C)C. The molecule has 0 fully saturated rings. The first kappa shape index (κ1) is 11.0. The van der Waals surface area contributed by atoms with Crippen molar-refractivity contribution >= 4 is 5.97 Å². The van der Waals surface area contributed by atoms with E-state index in [1.165, 1.54) is 0 Å². The fourth-order valence-electron chi connectivity index (χ4n) is 1.94. The van der Waals surface area contributed by atoms with Crippen LogP contribution in [0.5, 0.6) is 0 Å². The van der Waals surface area contributed by atoms with Crippen molar-refractivity contribution in [2.75, 3.05) is 6.61 Å². The zero-order valence-corrected chi connectivity index (χ0v) is 9.33. The van der Waals surface area contributed by atoms with E-state index >= 15 is 0 Å². The molecule has 1 aliphatic carbocycles. The maximum atomic E-state index is 11.7. The van der Waals surface area contributed by atoms with E-state index in [1.54, 1.807) is 0 Å². The largest absolute Gasteiger partial charge is 0.466 e. The van der Waals surface area contributed by atoms with Crippen molar-refractivity contribution < 1.29 is 9.53 Å². The van der Waals surface area contributed by atoms with Crippen LogP contribution in [0.4, 0.5) is 0 Å². The molecular weight excluding hydrogens is 176 g/mol. The number of allylic oxidation sites excluding steroid dienone is 3. The second kappa shape index (κ2) is 3.99. The lowest BCUT2D eigenvalue weighted by Crippen LogP contribution is -2.33. The van der Waals surface area contributed by atoms with E-state index in [0.29, 0.717) is 6.61 Å². The van der Waals surface area contributed by atoms with Crippen LogP contribution < -0.4 is 0 Å². The molecule has 2 nitrogen and oxygen atoms in total. The van der Waals surface area contributed by atoms with Crippen LogP contribution in [0, 0.1) is 11.3 Å². The quantitative estimate of drug-likeness (QED) is 0.632. The van der Waals surface area contributed by atoms with Crippen LogP contribution in [0.15, 0.2) is 23.8 Å². The summed E-state index contributed by atoms with van der Waals surface area (Å²) in [6.07, 6.45) is 6.04. The normalized spacial score (nSPS) is 24.3. The lowest BCUT2D eigenvalue weighted by Gasteiger charge is -2.32. The molecule has 1 atom stereocenters. The Bertz CT molecular complexity index is 285. The number of ether oxygens (including phenoxy) is 1. The Morgan fingerprint density at radius 1 is 1.57 bits per heavy atom. The van der Waals surface area contributed by atoms with E-state index in [1.807, 2.05) is 26.0 Å². The summed E-state index contributed by atoms with van der Waals surface area (Å²) in [6.45, 7) is 8.38. The molecule has 1 aliphatic rings. The average Bonchev–Trinajstić information content (AvgIpc) is 2.02. The van der Waals surface area contributed by atoms with Crippen molar-refractivity contribution in [2.45, 2.75) is 27.7 Å². The van der Waals surface area contributed by atoms with Crippen molar-refractivity contribution in [1.29, 1.82) is 0 Å². The van der Waals surface area contributed by atoms with Gasteiger partial charge in [0.15, 0.2) is 0 Å². The fraction of sp³-hybridized carbons (Fsp3) is 0.583. The van der Waals surface area contributed by atoms with Crippen LogP contribution in [-0.2, 0) is 9.53 Å². The van der Waals surface area contributed by atoms with Gasteiger partial charge in [-0.2, -0.15) is 0 Å². The third-order valence-corrected chi connectivity index (χ3v) is 2.61. The molecule has 0 bridgehead atoms. The first-order valence-corrected chi connectivity index (χ1v) is 5.01. The van der Waals surface area contributed by atoms with Gasteiger partial charge in [-0.1, -0.05) is 37.6 Å². The number of hydrogen-bond acceptors (Lipinski definition) is 2. The molecule has 0 heterocycles. The molecule has 0 radical (unpaired) electrons. The summed E-state index contributed by atoms with van der Waals surface area (Å²) >= 11 is 0. The van der Waals surface area contributed by atoms with Gasteiger partial charge in [-0.25, -0.2) is 0 Å². The minimum atomic E-state index is -0.134. The van der Waals surface area contributed by atoms with Gasteiger partial charge < -0.3 is 4.74 Å². The average molecular weight is 194 g/mol. The van der Waals surface area contributed by atoms with E-state index < -0.39 is 0 Å². The molecule has 0 aromatic carbocycles. The van der Waals surface area contributed by atoms with Crippen LogP contribution in [0.2, 0.25) is 0 Å². The monoisotopic (exact) mass is 194 g/mol. The fourth-order valence-corrected chi connectivity index (χ4v) is 1.94. The van der Waals surface area contributed by atoms with Gasteiger partial charge in [0.25, 0.3) is 0 Å². The molecule has 0 aromatic rings. The van der Waals surface area contributed by atoms with Crippen LogP contribution in [-0.4, -0.2) is 12.6 Å². The summed E-state index contributed by atoms with van der Waals surface area (Å²) in [5, 5.41) is 0. The van der Waals surface area contributed by atoms with Crippen LogP contribution >= 0.6 is 0 Å². The molecule has 0 saturated carbocycles. The topological polar surface area (TPSA) is 26.3 Å². The summed E-state index contributed by atoms with van der Waals surface area (Å²) in [4.78, 5) is 11.7. The highest BCUT2D eigenvalue weighted by molar-refractivity contribution is 5.77. The van der Waals surface area contributed by atoms with Gasteiger partial charge in [0.2, 0.25) is 0 Å². The summed E-state index contributed by atoms with van der Waals surface area (Å²) in [5.41, 5.74) is 0.946. The number of carbonyl (C=O) groups excluding carboxylic acids is 1. The standard InChI is InChI=1S/C12H18O2/c1-5-14-11(13)10-9(2)7-6-8-12(10,3)4/h6-8,10H,5H2,1-4H3. The minimum absolute atomic E-state index is 0.115. The number of hydrogen-bond donors (Lipinski definition) is 0. The third-order valence-electron chi connectivity index (χ3n) is 2.61. The Hall–Kier alpha value is -1.05. The predicted octanol–water partition coefficient (Wildman–Crippen LogP) is 2.71. The van der Waals surface area contributed by atoms with E-state index in [9.17, 15) is 4.79 Å². The second-order valence-corrected chi connectivity index (χ2v) is 4.28. The summed E-state index contributed by atoms with van der Waals surface area (Å²) in [7, 11) is 0. The Labute approximate surface area is 85.6 Å². The number of esters is 1. The molecule has 78 valence electrons. The Balaban J connectivity index is 2.89. The molecule has 0 spiro atoms. The Morgan fingerprint density at radius 3 is 2.71 bits per heavy atom. The van der Waals surface area contributed by atoms with Gasteiger partial charge in [-0.15, -0.1) is 0 Å². The minimum Gasteiger partial charge on any atom is -0.466 e. The van der Waals surface area contributed by atoms with Crippen LogP contribution in [0.3, 0.4) is 0 Å². The smallest absolute Gasteiger partial charge is 0.313 e. The van der Waals surface area contributed by atoms with E-state index in [4.69, 9.17) is 4.74 Å². The predicted molar refractivity (Wildman–Crippen MR) is 56.8 cm³/mol. The van der Waals surface area contributed by atoms with Gasteiger partial charge in [-0.3, -0.25) is 4.79 Å². The van der Waals surface area contributed by atoms with Crippen molar-refractivity contribution in [1.82, 2.24) is 0 Å². The molecule has 2 heteroatoms. The summed E-state index contributed by atoms with van der Waals surface area (Å²) in [5.74, 6) is -0.247. The van der Waals surface area contributed by atoms with Crippen molar-refractivity contribution in [3.8, 4) is 0 Å². The first-order valence-electron chi connectivity index (χ1n) is 5.01. The first-order chi connectivity index (χ1) is 6.49. The van der Waals surface area contributed by atoms with Crippen LogP contribution in [0.25, 0.3) is 0 Å². The molecule has 0 amide bonds. The highest BCUT2D eigenvalue weighted by atomic mass is 16.5. The van der Waals surface area contributed by atoms with Gasteiger partial charge in [0, 0.05) is 0 Å². The molecule has 0 aliphatic heterocycles. The molecule has 1 unspecified atom stereocenters. The van der Waals surface area contributed by atoms with Gasteiger partial charge in [-0.05, 0) is 19.3 Å². The zero-order valence-electron chi connectivity index (χ0n) is 9.33. The number of carbonyl (C=O) groups is 1.